The van der Waals surface area contributed by atoms with Crippen molar-refractivity contribution in [3.63, 3.8) is 0 Å². The second-order valence-corrected chi connectivity index (χ2v) is 8.07. The second kappa shape index (κ2) is 5.62. The van der Waals surface area contributed by atoms with Crippen molar-refractivity contribution in [2.75, 3.05) is 12.8 Å². The first-order valence-corrected chi connectivity index (χ1v) is 8.56. The number of nitrogens with two attached hydrogens (primary N) is 1. The Morgan fingerprint density at radius 2 is 2.11 bits per heavy atom. The summed E-state index contributed by atoms with van der Waals surface area (Å²) in [6.07, 6.45) is 0. The van der Waals surface area contributed by atoms with Crippen molar-refractivity contribution >= 4 is 43.0 Å². The molecule has 0 aliphatic carbocycles. The lowest BCUT2D eigenvalue weighted by Gasteiger charge is -2.16. The van der Waals surface area contributed by atoms with E-state index >= 15 is 0 Å². The molecule has 1 aromatic carbocycles. The minimum Gasteiger partial charge on any atom is -0.399 e. The summed E-state index contributed by atoms with van der Waals surface area (Å²) in [5.41, 5.74) is 7.17. The van der Waals surface area contributed by atoms with Gasteiger partial charge >= 0.3 is 0 Å². The second-order valence-electron chi connectivity index (χ2n) is 4.06. The fourth-order valence-electron chi connectivity index (χ4n) is 1.64. The van der Waals surface area contributed by atoms with Crippen LogP contribution in [-0.2, 0) is 16.6 Å². The monoisotopic (exact) mass is 360 g/mol. The summed E-state index contributed by atoms with van der Waals surface area (Å²) in [6.45, 7) is 0.289. The fourth-order valence-corrected chi connectivity index (χ4v) is 5.30. The molecular formula is C12H13BrN2O2S2. The van der Waals surface area contributed by atoms with Gasteiger partial charge in [0, 0.05) is 23.8 Å². The van der Waals surface area contributed by atoms with E-state index in [0.717, 1.165) is 5.56 Å². The summed E-state index contributed by atoms with van der Waals surface area (Å²) in [6, 6.07) is 8.94. The Bertz CT molecular complexity index is 683. The Balaban J connectivity index is 2.25. The normalized spacial score (nSPS) is 11.9. The van der Waals surface area contributed by atoms with E-state index in [1.54, 1.807) is 30.6 Å². The molecule has 0 aliphatic rings. The van der Waals surface area contributed by atoms with Crippen LogP contribution in [0.1, 0.15) is 5.56 Å². The average molecular weight is 361 g/mol. The summed E-state index contributed by atoms with van der Waals surface area (Å²) in [7, 11) is -1.91. The Labute approximate surface area is 125 Å². The van der Waals surface area contributed by atoms with E-state index < -0.39 is 10.0 Å². The number of thiophene rings is 1. The number of anilines is 1. The first-order chi connectivity index (χ1) is 8.91. The Morgan fingerprint density at radius 1 is 1.37 bits per heavy atom. The number of nitrogen functional groups attached to an aromatic ring is 1. The van der Waals surface area contributed by atoms with Crippen molar-refractivity contribution in [2.24, 2.45) is 0 Å². The summed E-state index contributed by atoms with van der Waals surface area (Å²) in [4.78, 5) is 0. The van der Waals surface area contributed by atoms with Gasteiger partial charge in [0.1, 0.15) is 4.21 Å². The maximum absolute atomic E-state index is 12.4. The number of benzene rings is 1. The maximum Gasteiger partial charge on any atom is 0.253 e. The Kier molecular flexibility index (Phi) is 4.29. The number of hydrogen-bond acceptors (Lipinski definition) is 4. The van der Waals surface area contributed by atoms with Crippen molar-refractivity contribution in [3.05, 3.63) is 45.7 Å². The lowest BCUT2D eigenvalue weighted by atomic mass is 10.2. The van der Waals surface area contributed by atoms with E-state index in [1.807, 2.05) is 12.1 Å². The lowest BCUT2D eigenvalue weighted by molar-refractivity contribution is 0.468. The number of halogens is 1. The van der Waals surface area contributed by atoms with Gasteiger partial charge in [-0.1, -0.05) is 12.1 Å². The molecule has 4 nitrogen and oxygen atoms in total. The highest BCUT2D eigenvalue weighted by atomic mass is 79.9. The molecule has 0 atom stereocenters. The minimum absolute atomic E-state index is 0.289. The van der Waals surface area contributed by atoms with E-state index in [9.17, 15) is 8.42 Å². The van der Waals surface area contributed by atoms with E-state index in [2.05, 4.69) is 15.9 Å². The van der Waals surface area contributed by atoms with Gasteiger partial charge in [-0.25, -0.2) is 8.42 Å². The van der Waals surface area contributed by atoms with E-state index in [1.165, 1.54) is 15.6 Å². The van der Waals surface area contributed by atoms with Crippen LogP contribution < -0.4 is 5.73 Å². The van der Waals surface area contributed by atoms with Crippen LogP contribution in [0.25, 0.3) is 0 Å². The van der Waals surface area contributed by atoms with Gasteiger partial charge in [-0.3, -0.25) is 0 Å². The van der Waals surface area contributed by atoms with Crippen LogP contribution in [0.3, 0.4) is 0 Å². The quantitative estimate of drug-likeness (QED) is 0.852. The topological polar surface area (TPSA) is 63.4 Å². The Hall–Kier alpha value is -0.890. The smallest absolute Gasteiger partial charge is 0.253 e. The molecule has 102 valence electrons. The van der Waals surface area contributed by atoms with Crippen LogP contribution in [0.2, 0.25) is 0 Å². The van der Waals surface area contributed by atoms with Gasteiger partial charge in [0.25, 0.3) is 10.0 Å². The van der Waals surface area contributed by atoms with Gasteiger partial charge in [-0.05, 0) is 45.1 Å². The van der Waals surface area contributed by atoms with Crippen LogP contribution in [0.5, 0.6) is 0 Å². The first-order valence-electron chi connectivity index (χ1n) is 5.45. The van der Waals surface area contributed by atoms with Gasteiger partial charge in [-0.2, -0.15) is 4.31 Å². The van der Waals surface area contributed by atoms with Crippen molar-refractivity contribution in [2.45, 2.75) is 10.8 Å². The molecule has 19 heavy (non-hydrogen) atoms. The molecule has 2 rings (SSSR count). The molecular weight excluding hydrogens is 348 g/mol. The molecule has 1 heterocycles. The molecule has 0 bridgehead atoms. The van der Waals surface area contributed by atoms with Gasteiger partial charge < -0.3 is 5.73 Å². The number of nitrogens with zero attached hydrogens (tertiary/aromatic N) is 1. The van der Waals surface area contributed by atoms with Gasteiger partial charge in [0.2, 0.25) is 0 Å². The van der Waals surface area contributed by atoms with Crippen LogP contribution >= 0.6 is 27.3 Å². The van der Waals surface area contributed by atoms with E-state index in [-0.39, 0.29) is 6.54 Å². The number of hydrogen-bond donors (Lipinski definition) is 1. The van der Waals surface area contributed by atoms with Crippen molar-refractivity contribution in [1.29, 1.82) is 0 Å². The highest BCUT2D eigenvalue weighted by Gasteiger charge is 2.24. The summed E-state index contributed by atoms with van der Waals surface area (Å²) < 4.78 is 27.0. The Morgan fingerprint density at radius 3 is 2.68 bits per heavy atom. The van der Waals surface area contributed by atoms with Gasteiger partial charge in [0.05, 0.1) is 0 Å². The summed E-state index contributed by atoms with van der Waals surface area (Å²) >= 11 is 4.45. The highest BCUT2D eigenvalue weighted by molar-refractivity contribution is 9.10. The third kappa shape index (κ3) is 3.17. The largest absolute Gasteiger partial charge is 0.399 e. The number of rotatable bonds is 4. The average Bonchev–Trinajstić information content (AvgIpc) is 2.76. The molecule has 0 spiro atoms. The lowest BCUT2D eigenvalue weighted by Crippen LogP contribution is -2.26. The zero-order valence-electron chi connectivity index (χ0n) is 10.2. The molecule has 2 aromatic rings. The van der Waals surface area contributed by atoms with E-state index in [0.29, 0.717) is 14.4 Å². The molecule has 0 saturated heterocycles. The molecule has 0 saturated carbocycles. The van der Waals surface area contributed by atoms with Gasteiger partial charge in [0.15, 0.2) is 0 Å². The molecule has 0 unspecified atom stereocenters. The summed E-state index contributed by atoms with van der Waals surface area (Å²) in [5, 5.41) is 1.74. The van der Waals surface area contributed by atoms with Crippen molar-refractivity contribution < 1.29 is 8.42 Å². The SMILES string of the molecule is CN(Cc1cccc(N)c1)S(=O)(=O)c1sccc1Br. The molecule has 7 heteroatoms. The van der Waals surface area contributed by atoms with Crippen LogP contribution in [0, 0.1) is 0 Å². The number of sulfonamides is 1. The predicted molar refractivity (Wildman–Crippen MR) is 81.5 cm³/mol. The molecule has 0 fully saturated rings. The third-order valence-electron chi connectivity index (χ3n) is 2.59. The predicted octanol–water partition coefficient (Wildman–Crippen LogP) is 2.91. The van der Waals surface area contributed by atoms with Crippen molar-refractivity contribution in [1.82, 2.24) is 4.31 Å². The van der Waals surface area contributed by atoms with Gasteiger partial charge in [-0.15, -0.1) is 11.3 Å². The molecule has 0 radical (unpaired) electrons. The summed E-state index contributed by atoms with van der Waals surface area (Å²) in [5.74, 6) is 0. The molecule has 0 aliphatic heterocycles. The third-order valence-corrected chi connectivity index (χ3v) is 7.04. The fraction of sp³-hybridized carbons (Fsp3) is 0.167. The molecule has 0 amide bonds. The standard InChI is InChI=1S/C12H13BrN2O2S2/c1-15(8-9-3-2-4-10(14)7-9)19(16,17)12-11(13)5-6-18-12/h2-7H,8,14H2,1H3. The minimum atomic E-state index is -3.47. The highest BCUT2D eigenvalue weighted by Crippen LogP contribution is 2.30. The van der Waals surface area contributed by atoms with Crippen molar-refractivity contribution in [3.8, 4) is 0 Å². The zero-order valence-corrected chi connectivity index (χ0v) is 13.4. The molecule has 1 aromatic heterocycles. The van der Waals surface area contributed by atoms with Crippen LogP contribution in [0.4, 0.5) is 5.69 Å². The first kappa shape index (κ1) is 14.5. The zero-order chi connectivity index (χ0) is 14.0. The molecule has 2 N–H and O–H groups in total. The van der Waals surface area contributed by atoms with Crippen LogP contribution in [0.15, 0.2) is 44.4 Å². The van der Waals surface area contributed by atoms with E-state index in [4.69, 9.17) is 5.73 Å². The van der Waals surface area contributed by atoms with Crippen LogP contribution in [-0.4, -0.2) is 19.8 Å². The maximum atomic E-state index is 12.4.